The number of hydrogen-bond donors (Lipinski definition) is 2. The average Bonchev–Trinajstić information content (AvgIpc) is 2.49. The molecule has 2 N–H and O–H groups in total. The maximum Gasteiger partial charge on any atom is 0.239 e. The molecular formula is C16H30N2O4S. The fourth-order valence-corrected chi connectivity index (χ4v) is 4.89. The van der Waals surface area contributed by atoms with E-state index in [1.165, 1.54) is 0 Å². The molecule has 134 valence electrons. The van der Waals surface area contributed by atoms with E-state index >= 15 is 0 Å². The lowest BCUT2D eigenvalue weighted by Gasteiger charge is -2.34. The fraction of sp³-hybridized carbons (Fsp3) is 0.938. The van der Waals surface area contributed by atoms with Crippen LogP contribution in [0.1, 0.15) is 52.4 Å². The van der Waals surface area contributed by atoms with Crippen molar-refractivity contribution in [3.8, 4) is 0 Å². The molecule has 7 heteroatoms. The molecular weight excluding hydrogens is 316 g/mol. The second-order valence-corrected chi connectivity index (χ2v) is 9.07. The van der Waals surface area contributed by atoms with E-state index in [4.69, 9.17) is 0 Å². The van der Waals surface area contributed by atoms with Gasteiger partial charge in [-0.25, -0.2) is 13.1 Å². The van der Waals surface area contributed by atoms with Gasteiger partial charge < -0.3 is 10.0 Å². The number of piperidine rings is 1. The first kappa shape index (κ1) is 18.7. The van der Waals surface area contributed by atoms with E-state index in [1.807, 2.05) is 0 Å². The van der Waals surface area contributed by atoms with Crippen molar-refractivity contribution in [2.45, 2.75) is 64.5 Å². The number of hydrogen-bond acceptors (Lipinski definition) is 4. The van der Waals surface area contributed by atoms with Crippen molar-refractivity contribution in [3.63, 3.8) is 0 Å². The van der Waals surface area contributed by atoms with Gasteiger partial charge in [0.1, 0.15) is 5.75 Å². The molecule has 2 atom stereocenters. The molecule has 1 saturated heterocycles. The highest BCUT2D eigenvalue weighted by atomic mass is 32.2. The van der Waals surface area contributed by atoms with Crippen LogP contribution in [-0.2, 0) is 14.8 Å². The molecule has 0 spiro atoms. The molecule has 0 radical (unpaired) electrons. The number of nitrogens with zero attached hydrogens (tertiary/aromatic N) is 1. The van der Waals surface area contributed by atoms with Gasteiger partial charge in [0.15, 0.2) is 0 Å². The van der Waals surface area contributed by atoms with E-state index < -0.39 is 21.9 Å². The fourth-order valence-electron chi connectivity index (χ4n) is 3.56. The molecule has 1 aliphatic heterocycles. The van der Waals surface area contributed by atoms with E-state index in [0.717, 1.165) is 38.5 Å². The summed E-state index contributed by atoms with van der Waals surface area (Å²) in [6, 6.07) is -0.0319. The number of sulfonamides is 1. The number of nitrogens with one attached hydrogen (secondary N) is 1. The van der Waals surface area contributed by atoms with Crippen molar-refractivity contribution < 1.29 is 18.3 Å². The Bertz CT molecular complexity index is 498. The lowest BCUT2D eigenvalue weighted by Crippen LogP contribution is -2.47. The molecule has 0 aromatic rings. The van der Waals surface area contributed by atoms with Gasteiger partial charge in [0.05, 0.1) is 6.10 Å². The first-order chi connectivity index (χ1) is 10.8. The molecule has 1 saturated carbocycles. The van der Waals surface area contributed by atoms with Crippen LogP contribution in [-0.4, -0.2) is 55.3 Å². The zero-order valence-corrected chi connectivity index (χ0v) is 15.0. The molecule has 0 bridgehead atoms. The average molecular weight is 346 g/mol. The first-order valence-electron chi connectivity index (χ1n) is 8.72. The zero-order chi connectivity index (χ0) is 17.0. The van der Waals surface area contributed by atoms with Crippen LogP contribution in [0.15, 0.2) is 0 Å². The zero-order valence-electron chi connectivity index (χ0n) is 14.2. The van der Waals surface area contributed by atoms with Crippen LogP contribution in [0.2, 0.25) is 0 Å². The van der Waals surface area contributed by atoms with E-state index in [2.05, 4.69) is 11.6 Å². The Hall–Kier alpha value is -0.660. The Balaban J connectivity index is 1.85. The molecule has 2 rings (SSSR count). The summed E-state index contributed by atoms with van der Waals surface area (Å²) in [5.41, 5.74) is 0. The molecule has 0 unspecified atom stereocenters. The molecule has 2 aliphatic rings. The van der Waals surface area contributed by atoms with Gasteiger partial charge in [-0.3, -0.25) is 4.79 Å². The molecule has 1 aliphatic carbocycles. The van der Waals surface area contributed by atoms with Crippen LogP contribution in [0.3, 0.4) is 0 Å². The number of likely N-dealkylation sites (tertiary alicyclic amines) is 1. The SMILES string of the molecule is CC1CCC(NS(=O)(=O)CC(=O)N2CCC[C@H]([C@H](C)O)C2)CC1. The Morgan fingerprint density at radius 3 is 2.52 bits per heavy atom. The van der Waals surface area contributed by atoms with Gasteiger partial charge in [-0.1, -0.05) is 6.92 Å². The standard InChI is InChI=1S/C16H30N2O4S/c1-12-5-7-15(8-6-12)17-23(21,22)11-16(20)18-9-3-4-14(10-18)13(2)19/h12-15,17,19H,3-11H2,1-2H3/t12?,13-,14-,15?/m0/s1. The maximum atomic E-state index is 12.3. The topological polar surface area (TPSA) is 86.7 Å². The summed E-state index contributed by atoms with van der Waals surface area (Å²) in [5, 5.41) is 9.68. The summed E-state index contributed by atoms with van der Waals surface area (Å²) in [4.78, 5) is 13.9. The normalized spacial score (nSPS) is 30.9. The number of carbonyl (C=O) groups is 1. The summed E-state index contributed by atoms with van der Waals surface area (Å²) in [5.74, 6) is -0.135. The van der Waals surface area contributed by atoms with Crippen LogP contribution in [0, 0.1) is 11.8 Å². The molecule has 2 fully saturated rings. The Kier molecular flexibility index (Phi) is 6.45. The minimum absolute atomic E-state index is 0.0319. The monoisotopic (exact) mass is 346 g/mol. The van der Waals surface area contributed by atoms with Gasteiger partial charge in [0, 0.05) is 25.0 Å². The molecule has 6 nitrogen and oxygen atoms in total. The summed E-state index contributed by atoms with van der Waals surface area (Å²) in [7, 11) is -3.59. The summed E-state index contributed by atoms with van der Waals surface area (Å²) in [6.07, 6.45) is 4.99. The van der Waals surface area contributed by atoms with Gasteiger partial charge in [-0.05, 0) is 51.4 Å². The summed E-state index contributed by atoms with van der Waals surface area (Å²) < 4.78 is 27.2. The lowest BCUT2D eigenvalue weighted by molar-refractivity contribution is -0.131. The molecule has 0 aromatic heterocycles. The predicted molar refractivity (Wildman–Crippen MR) is 89.3 cm³/mol. The largest absolute Gasteiger partial charge is 0.393 e. The second kappa shape index (κ2) is 7.94. The van der Waals surface area contributed by atoms with Crippen molar-refractivity contribution in [1.82, 2.24) is 9.62 Å². The van der Waals surface area contributed by atoms with Crippen LogP contribution < -0.4 is 4.72 Å². The third kappa shape index (κ3) is 5.72. The number of aliphatic hydroxyl groups is 1. The van der Waals surface area contributed by atoms with Crippen molar-refractivity contribution in [2.24, 2.45) is 11.8 Å². The molecule has 23 heavy (non-hydrogen) atoms. The maximum absolute atomic E-state index is 12.3. The highest BCUT2D eigenvalue weighted by Gasteiger charge is 2.30. The quantitative estimate of drug-likeness (QED) is 0.780. The van der Waals surface area contributed by atoms with Crippen LogP contribution in [0.25, 0.3) is 0 Å². The van der Waals surface area contributed by atoms with Crippen LogP contribution in [0.4, 0.5) is 0 Å². The van der Waals surface area contributed by atoms with Crippen LogP contribution in [0.5, 0.6) is 0 Å². The van der Waals surface area contributed by atoms with Gasteiger partial charge in [-0.15, -0.1) is 0 Å². The Morgan fingerprint density at radius 2 is 1.91 bits per heavy atom. The minimum Gasteiger partial charge on any atom is -0.393 e. The van der Waals surface area contributed by atoms with Crippen molar-refractivity contribution in [3.05, 3.63) is 0 Å². The summed E-state index contributed by atoms with van der Waals surface area (Å²) >= 11 is 0. The second-order valence-electron chi connectivity index (χ2n) is 7.32. The van der Waals surface area contributed by atoms with Crippen molar-refractivity contribution >= 4 is 15.9 Å². The number of aliphatic hydroxyl groups excluding tert-OH is 1. The third-order valence-electron chi connectivity index (χ3n) is 5.17. The number of rotatable bonds is 5. The number of amides is 1. The van der Waals surface area contributed by atoms with Crippen molar-refractivity contribution in [2.75, 3.05) is 18.8 Å². The first-order valence-corrected chi connectivity index (χ1v) is 10.4. The predicted octanol–water partition coefficient (Wildman–Crippen LogP) is 1.10. The highest BCUT2D eigenvalue weighted by Crippen LogP contribution is 2.24. The lowest BCUT2D eigenvalue weighted by atomic mass is 9.88. The summed E-state index contributed by atoms with van der Waals surface area (Å²) in [6.45, 7) is 4.94. The minimum atomic E-state index is -3.59. The van der Waals surface area contributed by atoms with E-state index in [0.29, 0.717) is 19.0 Å². The Labute approximate surface area is 139 Å². The van der Waals surface area contributed by atoms with E-state index in [1.54, 1.807) is 11.8 Å². The van der Waals surface area contributed by atoms with E-state index in [-0.39, 0.29) is 17.9 Å². The highest BCUT2D eigenvalue weighted by molar-refractivity contribution is 7.90. The van der Waals surface area contributed by atoms with Gasteiger partial charge >= 0.3 is 0 Å². The smallest absolute Gasteiger partial charge is 0.239 e. The molecule has 0 aromatic carbocycles. The van der Waals surface area contributed by atoms with Gasteiger partial charge in [0.2, 0.25) is 15.9 Å². The van der Waals surface area contributed by atoms with Crippen molar-refractivity contribution in [1.29, 1.82) is 0 Å². The third-order valence-corrected chi connectivity index (χ3v) is 6.49. The van der Waals surface area contributed by atoms with E-state index in [9.17, 15) is 18.3 Å². The Morgan fingerprint density at radius 1 is 1.26 bits per heavy atom. The molecule has 1 amide bonds. The van der Waals surface area contributed by atoms with Gasteiger partial charge in [-0.2, -0.15) is 0 Å². The molecule has 1 heterocycles. The number of carbonyl (C=O) groups excluding carboxylic acids is 1. The van der Waals surface area contributed by atoms with Gasteiger partial charge in [0.25, 0.3) is 0 Å². The van der Waals surface area contributed by atoms with Crippen LogP contribution >= 0.6 is 0 Å².